The Hall–Kier alpha value is -2.76. The molecule has 0 fully saturated rings. The number of nitrogens with one attached hydrogen (secondary N) is 1. The van der Waals surface area contributed by atoms with Gasteiger partial charge in [-0.2, -0.15) is 0 Å². The van der Waals surface area contributed by atoms with Crippen molar-refractivity contribution in [2.75, 3.05) is 5.32 Å². The van der Waals surface area contributed by atoms with Crippen LogP contribution in [-0.2, 0) is 11.2 Å². The molecule has 5 heteroatoms. The second kappa shape index (κ2) is 7.64. The van der Waals surface area contributed by atoms with Crippen molar-refractivity contribution in [2.24, 2.45) is 0 Å². The smallest absolute Gasteiger partial charge is 0.229 e. The van der Waals surface area contributed by atoms with Crippen molar-refractivity contribution in [1.29, 1.82) is 0 Å². The lowest BCUT2D eigenvalue weighted by Crippen LogP contribution is -2.13. The van der Waals surface area contributed by atoms with Crippen molar-refractivity contribution in [3.05, 3.63) is 82.4 Å². The van der Waals surface area contributed by atoms with Crippen molar-refractivity contribution in [3.8, 4) is 21.8 Å². The third kappa shape index (κ3) is 3.90. The fourth-order valence-electron chi connectivity index (χ4n) is 2.65. The van der Waals surface area contributed by atoms with Gasteiger partial charge in [-0.25, -0.2) is 4.98 Å². The summed E-state index contributed by atoms with van der Waals surface area (Å²) in [6.45, 7) is 0. The molecular formula is C21H16N2OS2. The summed E-state index contributed by atoms with van der Waals surface area (Å²) in [5.74, 6) is -0.00662. The second-order valence-corrected chi connectivity index (χ2v) is 7.68. The summed E-state index contributed by atoms with van der Waals surface area (Å²) in [5, 5.41) is 8.00. The van der Waals surface area contributed by atoms with E-state index in [2.05, 4.69) is 22.8 Å². The van der Waals surface area contributed by atoms with E-state index in [1.807, 2.05) is 60.0 Å². The molecule has 0 saturated heterocycles. The van der Waals surface area contributed by atoms with Gasteiger partial charge >= 0.3 is 0 Å². The number of anilines is 1. The first-order valence-corrected chi connectivity index (χ1v) is 9.97. The van der Waals surface area contributed by atoms with E-state index >= 15 is 0 Å². The number of thiophene rings is 1. The zero-order chi connectivity index (χ0) is 17.8. The minimum absolute atomic E-state index is 0.00662. The van der Waals surface area contributed by atoms with Gasteiger partial charge in [-0.05, 0) is 23.6 Å². The van der Waals surface area contributed by atoms with E-state index in [0.717, 1.165) is 32.4 Å². The van der Waals surface area contributed by atoms with Gasteiger partial charge in [0.05, 0.1) is 12.1 Å². The summed E-state index contributed by atoms with van der Waals surface area (Å²) in [5.41, 5.74) is 3.82. The summed E-state index contributed by atoms with van der Waals surface area (Å²) in [6.07, 6.45) is 0.400. The Balaban J connectivity index is 1.51. The fourth-order valence-corrected chi connectivity index (χ4v) is 4.19. The first-order chi connectivity index (χ1) is 12.8. The molecule has 4 aromatic rings. The first-order valence-electron chi connectivity index (χ1n) is 8.21. The van der Waals surface area contributed by atoms with E-state index in [1.165, 1.54) is 0 Å². The average molecular weight is 377 g/mol. The largest absolute Gasteiger partial charge is 0.326 e. The van der Waals surface area contributed by atoms with Crippen LogP contribution in [0, 0.1) is 0 Å². The molecule has 0 spiro atoms. The fraction of sp³-hybridized carbons (Fsp3) is 0.0476. The van der Waals surface area contributed by atoms with Gasteiger partial charge in [-0.3, -0.25) is 4.79 Å². The standard InChI is InChI=1S/C21H16N2OS2/c24-20(13-18-10-5-11-25-18)22-17-9-4-8-16(12-17)19-14-26-21(23-19)15-6-2-1-3-7-15/h1-12,14H,13H2,(H,22,24). The van der Waals surface area contributed by atoms with Crippen molar-refractivity contribution in [3.63, 3.8) is 0 Å². The maximum absolute atomic E-state index is 12.2. The van der Waals surface area contributed by atoms with Crippen molar-refractivity contribution in [1.82, 2.24) is 4.98 Å². The Kier molecular flexibility index (Phi) is 4.91. The lowest BCUT2D eigenvalue weighted by molar-refractivity contribution is -0.115. The summed E-state index contributed by atoms with van der Waals surface area (Å²) in [6, 6.07) is 21.9. The SMILES string of the molecule is O=C(Cc1cccs1)Nc1cccc(-c2csc(-c3ccccc3)n2)c1. The van der Waals surface area contributed by atoms with Gasteiger partial charge in [0.15, 0.2) is 0 Å². The Labute approximate surface area is 160 Å². The van der Waals surface area contributed by atoms with Crippen LogP contribution >= 0.6 is 22.7 Å². The van der Waals surface area contributed by atoms with Crippen LogP contribution in [0.4, 0.5) is 5.69 Å². The predicted octanol–water partition coefficient (Wildman–Crippen LogP) is 5.72. The molecule has 0 bridgehead atoms. The molecule has 0 saturated carbocycles. The van der Waals surface area contributed by atoms with E-state index in [-0.39, 0.29) is 5.91 Å². The van der Waals surface area contributed by atoms with E-state index in [0.29, 0.717) is 6.42 Å². The van der Waals surface area contributed by atoms with Crippen LogP contribution in [0.25, 0.3) is 21.8 Å². The summed E-state index contributed by atoms with van der Waals surface area (Å²) in [7, 11) is 0. The minimum atomic E-state index is -0.00662. The predicted molar refractivity (Wildman–Crippen MR) is 110 cm³/mol. The van der Waals surface area contributed by atoms with E-state index in [1.54, 1.807) is 22.7 Å². The molecular weight excluding hydrogens is 360 g/mol. The number of amides is 1. The van der Waals surface area contributed by atoms with Crippen LogP contribution < -0.4 is 5.32 Å². The Morgan fingerprint density at radius 3 is 2.58 bits per heavy atom. The summed E-state index contributed by atoms with van der Waals surface area (Å²) in [4.78, 5) is 18.0. The van der Waals surface area contributed by atoms with Crippen LogP contribution in [0.15, 0.2) is 77.5 Å². The maximum Gasteiger partial charge on any atom is 0.229 e. The molecule has 0 radical (unpaired) electrons. The number of hydrogen-bond acceptors (Lipinski definition) is 4. The molecule has 2 heterocycles. The minimum Gasteiger partial charge on any atom is -0.326 e. The van der Waals surface area contributed by atoms with Gasteiger partial charge < -0.3 is 5.32 Å². The molecule has 0 aliphatic carbocycles. The molecule has 1 N–H and O–H groups in total. The normalized spacial score (nSPS) is 10.6. The lowest BCUT2D eigenvalue weighted by Gasteiger charge is -2.06. The first kappa shape index (κ1) is 16.7. The molecule has 1 amide bonds. The van der Waals surface area contributed by atoms with Crippen molar-refractivity contribution >= 4 is 34.3 Å². The summed E-state index contributed by atoms with van der Waals surface area (Å²) >= 11 is 3.22. The monoisotopic (exact) mass is 376 g/mol. The van der Waals surface area contributed by atoms with Gasteiger partial charge in [0.2, 0.25) is 5.91 Å². The van der Waals surface area contributed by atoms with Crippen molar-refractivity contribution in [2.45, 2.75) is 6.42 Å². The molecule has 2 aromatic carbocycles. The summed E-state index contributed by atoms with van der Waals surface area (Å²) < 4.78 is 0. The quantitative estimate of drug-likeness (QED) is 0.484. The highest BCUT2D eigenvalue weighted by Gasteiger charge is 2.09. The number of hydrogen-bond donors (Lipinski definition) is 1. The van der Waals surface area contributed by atoms with Crippen LogP contribution in [0.3, 0.4) is 0 Å². The number of benzene rings is 2. The van der Waals surface area contributed by atoms with Gasteiger partial charge in [-0.1, -0.05) is 48.5 Å². The Morgan fingerprint density at radius 2 is 1.77 bits per heavy atom. The molecule has 128 valence electrons. The van der Waals surface area contributed by atoms with Gasteiger partial charge in [0.1, 0.15) is 5.01 Å². The van der Waals surface area contributed by atoms with Crippen molar-refractivity contribution < 1.29 is 4.79 Å². The lowest BCUT2D eigenvalue weighted by atomic mass is 10.1. The third-order valence-electron chi connectivity index (χ3n) is 3.88. The molecule has 26 heavy (non-hydrogen) atoms. The molecule has 4 rings (SSSR count). The second-order valence-electron chi connectivity index (χ2n) is 5.79. The number of thiazole rings is 1. The molecule has 0 atom stereocenters. The van der Waals surface area contributed by atoms with Crippen LogP contribution in [0.1, 0.15) is 4.88 Å². The van der Waals surface area contributed by atoms with Crippen LogP contribution in [-0.4, -0.2) is 10.9 Å². The van der Waals surface area contributed by atoms with E-state index in [9.17, 15) is 4.79 Å². The average Bonchev–Trinajstić information content (AvgIpc) is 3.34. The number of carbonyl (C=O) groups excluding carboxylic acids is 1. The zero-order valence-corrected chi connectivity index (χ0v) is 15.5. The van der Waals surface area contributed by atoms with Crippen LogP contribution in [0.5, 0.6) is 0 Å². The van der Waals surface area contributed by atoms with Gasteiger partial charge in [0.25, 0.3) is 0 Å². The molecule has 0 unspecified atom stereocenters. The number of carbonyl (C=O) groups is 1. The topological polar surface area (TPSA) is 42.0 Å². The third-order valence-corrected chi connectivity index (χ3v) is 5.65. The zero-order valence-electron chi connectivity index (χ0n) is 13.9. The molecule has 0 aliphatic heterocycles. The highest BCUT2D eigenvalue weighted by molar-refractivity contribution is 7.13. The number of nitrogens with zero attached hydrogens (tertiary/aromatic N) is 1. The number of aromatic nitrogens is 1. The van der Waals surface area contributed by atoms with Gasteiger partial charge in [-0.15, -0.1) is 22.7 Å². The van der Waals surface area contributed by atoms with E-state index < -0.39 is 0 Å². The maximum atomic E-state index is 12.2. The Morgan fingerprint density at radius 1 is 0.923 bits per heavy atom. The molecule has 3 nitrogen and oxygen atoms in total. The molecule has 0 aliphatic rings. The van der Waals surface area contributed by atoms with Crippen LogP contribution in [0.2, 0.25) is 0 Å². The highest BCUT2D eigenvalue weighted by Crippen LogP contribution is 2.29. The van der Waals surface area contributed by atoms with E-state index in [4.69, 9.17) is 4.98 Å². The Bertz CT molecular complexity index is 1010. The number of rotatable bonds is 5. The van der Waals surface area contributed by atoms with Gasteiger partial charge in [0, 0.05) is 27.1 Å². The highest BCUT2D eigenvalue weighted by atomic mass is 32.1. The molecule has 2 aromatic heterocycles.